The fourth-order valence-corrected chi connectivity index (χ4v) is 13.3. The number of fused-ring (bicyclic) bond motifs is 4. The fraction of sp³-hybridized carbons (Fsp3) is 0.483. The van der Waals surface area contributed by atoms with Crippen LogP contribution in [-0.2, 0) is 44.7 Å². The van der Waals surface area contributed by atoms with Gasteiger partial charge in [0.25, 0.3) is 0 Å². The monoisotopic (exact) mass is 1000 g/mol. The van der Waals surface area contributed by atoms with Crippen molar-refractivity contribution in [3.05, 3.63) is 107 Å². The van der Waals surface area contributed by atoms with E-state index in [1.807, 2.05) is 9.80 Å². The number of amides is 4. The van der Waals surface area contributed by atoms with Gasteiger partial charge in [0.05, 0.1) is 60.6 Å². The molecule has 0 spiro atoms. The Balaban J connectivity index is 0.849. The molecule has 0 radical (unpaired) electrons. The summed E-state index contributed by atoms with van der Waals surface area (Å²) in [7, 11) is 2.49. The first kappa shape index (κ1) is 49.4. The van der Waals surface area contributed by atoms with Gasteiger partial charge in [0.15, 0.2) is 0 Å². The van der Waals surface area contributed by atoms with Crippen molar-refractivity contribution in [3.8, 4) is 22.3 Å². The molecule has 388 valence electrons. The van der Waals surface area contributed by atoms with Crippen molar-refractivity contribution in [2.24, 2.45) is 11.8 Å². The number of H-pyrrole nitrogens is 2. The summed E-state index contributed by atoms with van der Waals surface area (Å²) in [5.41, 5.74) is 13.0. The number of hydrogen-bond acceptors (Lipinski definition) is 10. The number of likely N-dealkylation sites (tertiary alicyclic amines) is 2. The number of rotatable bonds is 10. The van der Waals surface area contributed by atoms with Crippen molar-refractivity contribution < 1.29 is 38.9 Å². The lowest BCUT2D eigenvalue weighted by Gasteiger charge is -2.36. The third-order valence-electron chi connectivity index (χ3n) is 17.1. The first-order valence-electron chi connectivity index (χ1n) is 26.8. The Morgan fingerprint density at radius 1 is 0.581 bits per heavy atom. The summed E-state index contributed by atoms with van der Waals surface area (Å²) in [5.74, 6) is 1.40. The standard InChI is InChI=1S/C58H68N8O8/c1-31(67)51(63-57(71)73-3)55(69)65-47-11-7-5-9-39(47)29-49(65)53-59-43-23-21-37(27-45(43)61-53)41-25-33-13-17-35(41)19-15-34-14-18-36(20-16-33)42(26-34)38-22-24-44-46(28-38)62-54(60-44)50-30-40-10-6-8-12-48(40)66(50)56(70)52(32(2)68)64-58(72)74-4/h13-14,17-18,21-28,31-32,39-40,47-52,67-68H,5-12,15-16,19-20,29-30H2,1-4H3,(H,59,61)(H,60,62)(H,63,71)(H,64,72)/t31-,32-,39+,40+,47+,48+,49+,50?,51+,52+/m1/s1. The highest BCUT2D eigenvalue weighted by molar-refractivity contribution is 5.89. The van der Waals surface area contributed by atoms with Gasteiger partial charge in [-0.15, -0.1) is 0 Å². The zero-order valence-corrected chi connectivity index (χ0v) is 42.7. The Labute approximate surface area is 431 Å². The second kappa shape index (κ2) is 20.5. The summed E-state index contributed by atoms with van der Waals surface area (Å²) in [6.07, 6.45) is 9.14. The van der Waals surface area contributed by atoms with Crippen LogP contribution in [0.1, 0.15) is 124 Å². The van der Waals surface area contributed by atoms with Gasteiger partial charge in [-0.05, 0) is 159 Å². The van der Waals surface area contributed by atoms with E-state index >= 15 is 0 Å². The van der Waals surface area contributed by atoms with Gasteiger partial charge in [-0.2, -0.15) is 0 Å². The lowest BCUT2D eigenvalue weighted by atomic mass is 9.84. The Morgan fingerprint density at radius 2 is 1.00 bits per heavy atom. The highest BCUT2D eigenvalue weighted by Crippen LogP contribution is 2.48. The van der Waals surface area contributed by atoms with Gasteiger partial charge in [0.1, 0.15) is 23.7 Å². The minimum Gasteiger partial charge on any atom is -0.453 e. The molecule has 2 aliphatic heterocycles. The van der Waals surface area contributed by atoms with Gasteiger partial charge in [-0.3, -0.25) is 9.59 Å². The van der Waals surface area contributed by atoms with Gasteiger partial charge in [-0.25, -0.2) is 19.6 Å². The average Bonchev–Trinajstić information content (AvgIpc) is 4.21. The van der Waals surface area contributed by atoms with Gasteiger partial charge in [0.2, 0.25) is 11.8 Å². The van der Waals surface area contributed by atoms with E-state index < -0.39 is 36.5 Å². The molecule has 14 rings (SSSR count). The van der Waals surface area contributed by atoms with Crippen LogP contribution in [0.4, 0.5) is 9.59 Å². The highest BCUT2D eigenvalue weighted by atomic mass is 16.5. The number of nitrogens with zero attached hydrogens (tertiary/aromatic N) is 4. The van der Waals surface area contributed by atoms with Crippen LogP contribution in [0.3, 0.4) is 0 Å². The molecule has 4 bridgehead atoms. The van der Waals surface area contributed by atoms with E-state index in [0.717, 1.165) is 123 Å². The number of aliphatic hydroxyl groups excluding tert-OH is 2. The van der Waals surface area contributed by atoms with Crippen LogP contribution < -0.4 is 10.6 Å². The number of carbonyl (C=O) groups is 4. The van der Waals surface area contributed by atoms with E-state index in [1.165, 1.54) is 61.4 Å². The molecule has 4 heterocycles. The molecule has 2 aromatic heterocycles. The maximum absolute atomic E-state index is 14.3. The quantitative estimate of drug-likeness (QED) is 0.0769. The van der Waals surface area contributed by atoms with Gasteiger partial charge in [0, 0.05) is 12.1 Å². The molecular formula is C58H68N8O8. The molecule has 6 N–H and O–H groups in total. The van der Waals surface area contributed by atoms with Crippen molar-refractivity contribution in [1.29, 1.82) is 0 Å². The van der Waals surface area contributed by atoms with Crippen LogP contribution >= 0.6 is 0 Å². The van der Waals surface area contributed by atoms with Crippen molar-refractivity contribution in [1.82, 2.24) is 40.4 Å². The SMILES string of the molecule is COC(=O)N[C@H](C(=O)N1C(c2nc3ccc(-c4cc5ccc4CCc4ccc(c(-c6ccc7nc([C@@H]8C[C@@H]9CCCC[C@@H]9N8C(=O)[C@@H](NC(=O)OC)[C@@H](C)O)[nH]c7c6)c4)CC5)cc3[nH]2)C[C@@H]2CCCC[C@@H]21)[C@@H](C)O. The predicted molar refractivity (Wildman–Crippen MR) is 280 cm³/mol. The minimum absolute atomic E-state index is 0.00196. The average molecular weight is 1010 g/mol. The number of aromatic nitrogens is 4. The normalized spacial score (nSPS) is 24.1. The van der Waals surface area contributed by atoms with E-state index in [0.29, 0.717) is 23.5 Å². The third-order valence-corrected chi connectivity index (χ3v) is 17.1. The van der Waals surface area contributed by atoms with Crippen molar-refractivity contribution in [3.63, 3.8) is 0 Å². The number of hydrogen-bond donors (Lipinski definition) is 6. The Morgan fingerprint density at radius 3 is 1.41 bits per heavy atom. The number of benzene rings is 4. The molecule has 16 heteroatoms. The second-order valence-electron chi connectivity index (χ2n) is 21.6. The summed E-state index contributed by atoms with van der Waals surface area (Å²) in [6.45, 7) is 3.03. The zero-order valence-electron chi connectivity index (χ0n) is 42.7. The molecule has 74 heavy (non-hydrogen) atoms. The fourth-order valence-electron chi connectivity index (χ4n) is 13.3. The van der Waals surface area contributed by atoms with Crippen molar-refractivity contribution in [2.75, 3.05) is 14.2 Å². The van der Waals surface area contributed by atoms with Crippen molar-refractivity contribution >= 4 is 46.1 Å². The molecule has 4 aromatic carbocycles. The number of imidazole rings is 2. The molecule has 16 nitrogen and oxygen atoms in total. The highest BCUT2D eigenvalue weighted by Gasteiger charge is 2.50. The molecular weight excluding hydrogens is 937 g/mol. The van der Waals surface area contributed by atoms with Gasteiger partial charge < -0.3 is 50.1 Å². The van der Waals surface area contributed by atoms with Crippen LogP contribution in [0, 0.1) is 11.8 Å². The Kier molecular flexibility index (Phi) is 13.7. The second-order valence-corrected chi connectivity index (χ2v) is 21.6. The molecule has 2 saturated heterocycles. The predicted octanol–water partition coefficient (Wildman–Crippen LogP) is 8.53. The van der Waals surface area contributed by atoms with E-state index in [4.69, 9.17) is 19.4 Å². The summed E-state index contributed by atoms with van der Waals surface area (Å²) in [4.78, 5) is 74.5. The Bertz CT molecular complexity index is 2900. The van der Waals surface area contributed by atoms with E-state index in [1.54, 1.807) is 0 Å². The number of carbonyl (C=O) groups excluding carboxylic acids is 4. The third kappa shape index (κ3) is 9.39. The lowest BCUT2D eigenvalue weighted by molar-refractivity contribution is -0.140. The number of alkyl carbamates (subject to hydrolysis) is 2. The lowest BCUT2D eigenvalue weighted by Crippen LogP contribution is -2.55. The summed E-state index contributed by atoms with van der Waals surface area (Å²) >= 11 is 0. The molecule has 4 amide bonds. The zero-order chi connectivity index (χ0) is 51.4. The molecule has 2 saturated carbocycles. The first-order chi connectivity index (χ1) is 35.8. The largest absolute Gasteiger partial charge is 0.453 e. The van der Waals surface area contributed by atoms with Gasteiger partial charge >= 0.3 is 12.2 Å². The van der Waals surface area contributed by atoms with Crippen LogP contribution in [0.15, 0.2) is 72.8 Å². The number of aliphatic hydroxyl groups is 2. The van der Waals surface area contributed by atoms with Crippen molar-refractivity contribution in [2.45, 2.75) is 152 Å². The molecule has 8 aliphatic rings. The molecule has 6 aliphatic carbocycles. The summed E-state index contributed by atoms with van der Waals surface area (Å²) < 4.78 is 9.64. The van der Waals surface area contributed by atoms with Gasteiger partial charge in [-0.1, -0.05) is 74.2 Å². The van der Waals surface area contributed by atoms with E-state index in [9.17, 15) is 29.4 Å². The molecule has 1 unspecified atom stereocenters. The smallest absolute Gasteiger partial charge is 0.407 e. The number of aromatic amines is 2. The van der Waals surface area contributed by atoms with E-state index in [2.05, 4.69) is 93.4 Å². The molecule has 6 aromatic rings. The molecule has 4 fully saturated rings. The number of ether oxygens (including phenoxy) is 2. The first-order valence-corrected chi connectivity index (χ1v) is 26.8. The van der Waals surface area contributed by atoms with Crippen LogP contribution in [-0.4, -0.2) is 115 Å². The van der Waals surface area contributed by atoms with Crippen LogP contribution in [0.5, 0.6) is 0 Å². The van der Waals surface area contributed by atoms with E-state index in [-0.39, 0.29) is 36.0 Å². The number of methoxy groups -OCH3 is 2. The topological polar surface area (TPSA) is 215 Å². The number of aryl methyl sites for hydroxylation is 4. The van der Waals surface area contributed by atoms with Crippen LogP contribution in [0.25, 0.3) is 44.3 Å². The minimum atomic E-state index is -1.14. The van der Waals surface area contributed by atoms with Crippen LogP contribution in [0.2, 0.25) is 0 Å². The molecule has 10 atom stereocenters. The maximum Gasteiger partial charge on any atom is 0.407 e. The summed E-state index contributed by atoms with van der Waals surface area (Å²) in [5, 5.41) is 26.6. The summed E-state index contributed by atoms with van der Waals surface area (Å²) in [6, 6.07) is 23.6. The Hall–Kier alpha value is -6.78. The maximum atomic E-state index is 14.3. The number of nitrogens with one attached hydrogen (secondary N) is 4.